The number of ether oxygens (including phenoxy) is 1. The zero-order chi connectivity index (χ0) is 19.2. The van der Waals surface area contributed by atoms with Crippen molar-refractivity contribution >= 4 is 21.4 Å². The van der Waals surface area contributed by atoms with Crippen LogP contribution >= 0.6 is 0 Å². The van der Waals surface area contributed by atoms with Crippen LogP contribution in [-0.4, -0.2) is 46.5 Å². The molecule has 0 heterocycles. The highest BCUT2D eigenvalue weighted by atomic mass is 32.2. The summed E-state index contributed by atoms with van der Waals surface area (Å²) < 4.78 is 31.6. The van der Waals surface area contributed by atoms with E-state index in [1.807, 2.05) is 38.1 Å². The Morgan fingerprint density at radius 3 is 2.31 bits per heavy atom. The van der Waals surface area contributed by atoms with Crippen LogP contribution in [0.3, 0.4) is 0 Å². The third-order valence-electron chi connectivity index (χ3n) is 3.84. The zero-order valence-electron chi connectivity index (χ0n) is 15.7. The quantitative estimate of drug-likeness (QED) is 0.657. The van der Waals surface area contributed by atoms with Gasteiger partial charge >= 0.3 is 0 Å². The van der Waals surface area contributed by atoms with Crippen LogP contribution in [0.5, 0.6) is 5.75 Å². The van der Waals surface area contributed by atoms with Gasteiger partial charge in [0.25, 0.3) is 0 Å². The topological polar surface area (TPSA) is 70.7 Å². The molecule has 0 saturated heterocycles. The predicted molar refractivity (Wildman–Crippen MR) is 107 cm³/mol. The van der Waals surface area contributed by atoms with E-state index in [2.05, 4.69) is 10.6 Å². The van der Waals surface area contributed by atoms with Crippen LogP contribution in [0.2, 0.25) is 0 Å². The van der Waals surface area contributed by atoms with Crippen molar-refractivity contribution < 1.29 is 13.2 Å². The fourth-order valence-electron chi connectivity index (χ4n) is 2.37. The maximum atomic E-state index is 12.3. The van der Waals surface area contributed by atoms with E-state index in [4.69, 9.17) is 4.74 Å². The first-order valence-corrected chi connectivity index (χ1v) is 10.0. The maximum Gasteiger partial charge on any atom is 0.242 e. The molecule has 0 aliphatic carbocycles. The van der Waals surface area contributed by atoms with E-state index in [1.54, 1.807) is 18.2 Å². The SMILES string of the molecule is CCNc1ccc(S(=O)(=O)N(C)C)cc1NCCOc1ccc(C)cc1. The van der Waals surface area contributed by atoms with Crippen LogP contribution in [0.15, 0.2) is 47.4 Å². The van der Waals surface area contributed by atoms with Gasteiger partial charge in [-0.15, -0.1) is 0 Å². The van der Waals surface area contributed by atoms with Crippen molar-refractivity contribution in [1.29, 1.82) is 0 Å². The Bertz CT molecular complexity index is 818. The predicted octanol–water partition coefficient (Wildman–Crippen LogP) is 3.17. The van der Waals surface area contributed by atoms with Gasteiger partial charge in [0.15, 0.2) is 0 Å². The van der Waals surface area contributed by atoms with Crippen molar-refractivity contribution in [2.24, 2.45) is 0 Å². The van der Waals surface area contributed by atoms with Gasteiger partial charge in [-0.05, 0) is 44.2 Å². The van der Waals surface area contributed by atoms with Crippen molar-refractivity contribution in [3.63, 3.8) is 0 Å². The molecule has 142 valence electrons. The Morgan fingerprint density at radius 1 is 1.00 bits per heavy atom. The summed E-state index contributed by atoms with van der Waals surface area (Å²) in [6.45, 7) is 5.79. The molecule has 2 rings (SSSR count). The molecule has 2 aromatic carbocycles. The summed E-state index contributed by atoms with van der Waals surface area (Å²) in [7, 11) is -0.427. The minimum Gasteiger partial charge on any atom is -0.492 e. The standard InChI is InChI=1S/C19H27N3O3S/c1-5-20-18-11-10-17(26(23,24)22(3)4)14-19(18)21-12-13-25-16-8-6-15(2)7-9-16/h6-11,14,20-21H,5,12-13H2,1-4H3. The van der Waals surface area contributed by atoms with Crippen molar-refractivity contribution in [2.75, 3.05) is 44.4 Å². The highest BCUT2D eigenvalue weighted by Crippen LogP contribution is 2.26. The summed E-state index contributed by atoms with van der Waals surface area (Å²) in [5, 5.41) is 6.50. The number of benzene rings is 2. The fourth-order valence-corrected chi connectivity index (χ4v) is 3.30. The van der Waals surface area contributed by atoms with Crippen LogP contribution in [0, 0.1) is 6.92 Å². The van der Waals surface area contributed by atoms with Gasteiger partial charge in [0.2, 0.25) is 10.0 Å². The molecular formula is C19H27N3O3S. The monoisotopic (exact) mass is 377 g/mol. The molecule has 0 radical (unpaired) electrons. The third kappa shape index (κ3) is 5.12. The first kappa shape index (κ1) is 20.1. The molecule has 0 spiro atoms. The lowest BCUT2D eigenvalue weighted by Crippen LogP contribution is -2.22. The van der Waals surface area contributed by atoms with Crippen molar-refractivity contribution in [3.05, 3.63) is 48.0 Å². The lowest BCUT2D eigenvalue weighted by Gasteiger charge is -2.17. The van der Waals surface area contributed by atoms with Crippen molar-refractivity contribution in [1.82, 2.24) is 4.31 Å². The Labute approximate surface area is 156 Å². The van der Waals surface area contributed by atoms with Crippen LogP contribution in [0.4, 0.5) is 11.4 Å². The van der Waals surface area contributed by atoms with E-state index in [0.29, 0.717) is 13.2 Å². The van der Waals surface area contributed by atoms with Gasteiger partial charge in [0.05, 0.1) is 16.3 Å². The first-order valence-electron chi connectivity index (χ1n) is 8.58. The van der Waals surface area contributed by atoms with E-state index in [-0.39, 0.29) is 4.90 Å². The lowest BCUT2D eigenvalue weighted by molar-refractivity contribution is 0.333. The molecule has 0 atom stereocenters. The van der Waals surface area contributed by atoms with Crippen molar-refractivity contribution in [2.45, 2.75) is 18.7 Å². The molecule has 2 aromatic rings. The van der Waals surface area contributed by atoms with Gasteiger partial charge in [0, 0.05) is 27.2 Å². The molecule has 0 aromatic heterocycles. The first-order chi connectivity index (χ1) is 12.3. The summed E-state index contributed by atoms with van der Waals surface area (Å²) in [5.41, 5.74) is 2.78. The Kier molecular flexibility index (Phi) is 6.88. The van der Waals surface area contributed by atoms with Crippen LogP contribution in [-0.2, 0) is 10.0 Å². The second-order valence-corrected chi connectivity index (χ2v) is 8.27. The number of nitrogens with zero attached hydrogens (tertiary/aromatic N) is 1. The summed E-state index contributed by atoms with van der Waals surface area (Å²) >= 11 is 0. The highest BCUT2D eigenvalue weighted by molar-refractivity contribution is 7.89. The molecule has 0 amide bonds. The highest BCUT2D eigenvalue weighted by Gasteiger charge is 2.18. The van der Waals surface area contributed by atoms with E-state index < -0.39 is 10.0 Å². The molecule has 0 bridgehead atoms. The summed E-state index contributed by atoms with van der Waals surface area (Å²) in [5.74, 6) is 0.813. The van der Waals surface area contributed by atoms with Gasteiger partial charge in [-0.1, -0.05) is 17.7 Å². The fraction of sp³-hybridized carbons (Fsp3) is 0.368. The van der Waals surface area contributed by atoms with E-state index in [1.165, 1.54) is 24.0 Å². The molecule has 0 fully saturated rings. The maximum absolute atomic E-state index is 12.3. The average Bonchev–Trinajstić information content (AvgIpc) is 2.61. The minimum absolute atomic E-state index is 0.256. The molecular weight excluding hydrogens is 350 g/mol. The molecule has 0 unspecified atom stereocenters. The molecule has 7 heteroatoms. The molecule has 0 aliphatic heterocycles. The van der Waals surface area contributed by atoms with Crippen LogP contribution in [0.1, 0.15) is 12.5 Å². The van der Waals surface area contributed by atoms with E-state index in [0.717, 1.165) is 23.7 Å². The molecule has 2 N–H and O–H groups in total. The number of nitrogens with one attached hydrogen (secondary N) is 2. The van der Waals surface area contributed by atoms with Gasteiger partial charge in [-0.25, -0.2) is 12.7 Å². The number of rotatable bonds is 9. The second-order valence-electron chi connectivity index (χ2n) is 6.11. The number of hydrogen-bond donors (Lipinski definition) is 2. The number of aryl methyl sites for hydroxylation is 1. The van der Waals surface area contributed by atoms with Gasteiger partial charge in [-0.2, -0.15) is 0 Å². The van der Waals surface area contributed by atoms with Crippen LogP contribution in [0.25, 0.3) is 0 Å². The largest absolute Gasteiger partial charge is 0.492 e. The molecule has 0 saturated carbocycles. The Morgan fingerprint density at radius 2 is 1.69 bits per heavy atom. The van der Waals surface area contributed by atoms with Crippen LogP contribution < -0.4 is 15.4 Å². The summed E-state index contributed by atoms with van der Waals surface area (Å²) in [6, 6.07) is 12.9. The Balaban J connectivity index is 2.06. The molecule has 26 heavy (non-hydrogen) atoms. The molecule has 0 aliphatic rings. The Hall–Kier alpha value is -2.25. The van der Waals surface area contributed by atoms with Gasteiger partial charge in [0.1, 0.15) is 12.4 Å². The smallest absolute Gasteiger partial charge is 0.242 e. The number of sulfonamides is 1. The minimum atomic E-state index is -3.47. The number of anilines is 2. The van der Waals surface area contributed by atoms with Gasteiger partial charge in [-0.3, -0.25) is 0 Å². The van der Waals surface area contributed by atoms with E-state index >= 15 is 0 Å². The third-order valence-corrected chi connectivity index (χ3v) is 5.66. The van der Waals surface area contributed by atoms with Crippen molar-refractivity contribution in [3.8, 4) is 5.75 Å². The number of hydrogen-bond acceptors (Lipinski definition) is 5. The van der Waals surface area contributed by atoms with E-state index in [9.17, 15) is 8.42 Å². The zero-order valence-corrected chi connectivity index (χ0v) is 16.6. The summed E-state index contributed by atoms with van der Waals surface area (Å²) in [6.07, 6.45) is 0. The van der Waals surface area contributed by atoms with Gasteiger partial charge < -0.3 is 15.4 Å². The molecule has 6 nitrogen and oxygen atoms in total. The normalized spacial score (nSPS) is 11.4. The lowest BCUT2D eigenvalue weighted by atomic mass is 10.2. The summed E-state index contributed by atoms with van der Waals surface area (Å²) in [4.78, 5) is 0.256. The second kappa shape index (κ2) is 8.91. The average molecular weight is 378 g/mol.